The Morgan fingerprint density at radius 3 is 2.43 bits per heavy atom. The van der Waals surface area contributed by atoms with E-state index in [1.54, 1.807) is 31.2 Å². The highest BCUT2D eigenvalue weighted by Gasteiger charge is 2.16. The number of amides is 1. The van der Waals surface area contributed by atoms with Crippen LogP contribution in [0.1, 0.15) is 22.8 Å². The number of esters is 1. The molecule has 5 heteroatoms. The van der Waals surface area contributed by atoms with Crippen LogP contribution in [0.4, 0.5) is 5.69 Å². The Balaban J connectivity index is 2.00. The van der Waals surface area contributed by atoms with Crippen LogP contribution in [0.5, 0.6) is 5.75 Å². The second-order valence-corrected chi connectivity index (χ2v) is 5.13. The molecule has 120 valence electrons. The van der Waals surface area contributed by atoms with Crippen molar-refractivity contribution in [2.45, 2.75) is 20.0 Å². The lowest BCUT2D eigenvalue weighted by Crippen LogP contribution is -2.30. The number of methoxy groups -OCH3 is 1. The van der Waals surface area contributed by atoms with E-state index in [0.717, 1.165) is 5.56 Å². The molecular formula is C18H19NO4. The Morgan fingerprint density at radius 2 is 1.78 bits per heavy atom. The van der Waals surface area contributed by atoms with Crippen LogP contribution in [0, 0.1) is 6.92 Å². The Labute approximate surface area is 135 Å². The van der Waals surface area contributed by atoms with Crippen LogP contribution in [0.2, 0.25) is 0 Å². The predicted molar refractivity (Wildman–Crippen MR) is 87.7 cm³/mol. The number of carbonyl (C=O) groups is 2. The third-order valence-electron chi connectivity index (χ3n) is 3.26. The molecule has 0 fully saturated rings. The Kier molecular flexibility index (Phi) is 5.36. The zero-order valence-corrected chi connectivity index (χ0v) is 13.3. The molecular weight excluding hydrogens is 294 g/mol. The van der Waals surface area contributed by atoms with Crippen LogP contribution in [0.3, 0.4) is 0 Å². The van der Waals surface area contributed by atoms with Crippen LogP contribution in [-0.2, 0) is 9.53 Å². The van der Waals surface area contributed by atoms with Crippen molar-refractivity contribution in [2.24, 2.45) is 0 Å². The molecule has 5 nitrogen and oxygen atoms in total. The smallest absolute Gasteiger partial charge is 0.337 e. The highest BCUT2D eigenvalue weighted by atomic mass is 16.5. The van der Waals surface area contributed by atoms with Gasteiger partial charge in [-0.2, -0.15) is 0 Å². The highest BCUT2D eigenvalue weighted by molar-refractivity contribution is 5.94. The number of carbonyl (C=O) groups excluding carboxylic acids is 2. The molecule has 0 unspecified atom stereocenters. The summed E-state index contributed by atoms with van der Waals surface area (Å²) in [6, 6.07) is 14.0. The number of ether oxygens (including phenoxy) is 2. The summed E-state index contributed by atoms with van der Waals surface area (Å²) in [5.74, 6) is -0.288. The molecule has 0 aromatic heterocycles. The fourth-order valence-electron chi connectivity index (χ4n) is 1.95. The van der Waals surface area contributed by atoms with Gasteiger partial charge in [-0.3, -0.25) is 4.79 Å². The standard InChI is InChI=1S/C18H19NO4/c1-12-7-9-15(10-8-12)19-17(20)13(2)23-16-6-4-5-14(11-16)18(21)22-3/h4-11,13H,1-3H3,(H,19,20)/t13-/m0/s1. The van der Waals surface area contributed by atoms with E-state index in [9.17, 15) is 9.59 Å². The minimum atomic E-state index is -0.704. The van der Waals surface area contributed by atoms with Gasteiger partial charge in [0.15, 0.2) is 6.10 Å². The van der Waals surface area contributed by atoms with Crippen LogP contribution in [-0.4, -0.2) is 25.1 Å². The molecule has 0 aliphatic carbocycles. The number of benzene rings is 2. The number of aryl methyl sites for hydroxylation is 1. The molecule has 1 amide bonds. The summed E-state index contributed by atoms with van der Waals surface area (Å²) in [7, 11) is 1.31. The summed E-state index contributed by atoms with van der Waals surface area (Å²) in [5, 5.41) is 2.78. The van der Waals surface area contributed by atoms with E-state index in [1.807, 2.05) is 31.2 Å². The van der Waals surface area contributed by atoms with Gasteiger partial charge in [0.2, 0.25) is 0 Å². The zero-order chi connectivity index (χ0) is 16.8. The van der Waals surface area contributed by atoms with E-state index < -0.39 is 12.1 Å². The summed E-state index contributed by atoms with van der Waals surface area (Å²) in [5.41, 5.74) is 2.20. The molecule has 0 saturated carbocycles. The summed E-state index contributed by atoms with van der Waals surface area (Å²) < 4.78 is 10.2. The van der Waals surface area contributed by atoms with Crippen LogP contribution < -0.4 is 10.1 Å². The summed E-state index contributed by atoms with van der Waals surface area (Å²) in [6.07, 6.45) is -0.704. The van der Waals surface area contributed by atoms with Gasteiger partial charge in [-0.25, -0.2) is 4.79 Å². The average Bonchev–Trinajstić information content (AvgIpc) is 2.56. The quantitative estimate of drug-likeness (QED) is 0.861. The predicted octanol–water partition coefficient (Wildman–Crippen LogP) is 3.19. The molecule has 1 N–H and O–H groups in total. The third kappa shape index (κ3) is 4.57. The van der Waals surface area contributed by atoms with E-state index in [2.05, 4.69) is 10.1 Å². The fourth-order valence-corrected chi connectivity index (χ4v) is 1.95. The minimum absolute atomic E-state index is 0.266. The molecule has 0 bridgehead atoms. The van der Waals surface area contributed by atoms with Crippen molar-refractivity contribution >= 4 is 17.6 Å². The summed E-state index contributed by atoms with van der Waals surface area (Å²) in [6.45, 7) is 3.62. The van der Waals surface area contributed by atoms with Crippen molar-refractivity contribution in [1.29, 1.82) is 0 Å². The monoisotopic (exact) mass is 313 g/mol. The maximum atomic E-state index is 12.1. The normalized spacial score (nSPS) is 11.4. The second-order valence-electron chi connectivity index (χ2n) is 5.13. The van der Waals surface area contributed by atoms with Crippen molar-refractivity contribution in [3.63, 3.8) is 0 Å². The Morgan fingerprint density at radius 1 is 1.09 bits per heavy atom. The van der Waals surface area contributed by atoms with Gasteiger partial charge in [0.1, 0.15) is 5.75 Å². The lowest BCUT2D eigenvalue weighted by Gasteiger charge is -2.15. The number of anilines is 1. The second kappa shape index (κ2) is 7.45. The minimum Gasteiger partial charge on any atom is -0.481 e. The van der Waals surface area contributed by atoms with Gasteiger partial charge in [-0.15, -0.1) is 0 Å². The third-order valence-corrected chi connectivity index (χ3v) is 3.26. The number of hydrogen-bond acceptors (Lipinski definition) is 4. The average molecular weight is 313 g/mol. The molecule has 2 aromatic carbocycles. The summed E-state index contributed by atoms with van der Waals surface area (Å²) >= 11 is 0. The van der Waals surface area contributed by atoms with E-state index in [-0.39, 0.29) is 5.91 Å². The Hall–Kier alpha value is -2.82. The molecule has 0 saturated heterocycles. The largest absolute Gasteiger partial charge is 0.481 e. The van der Waals surface area contributed by atoms with Gasteiger partial charge in [-0.05, 0) is 44.2 Å². The highest BCUT2D eigenvalue weighted by Crippen LogP contribution is 2.16. The van der Waals surface area contributed by atoms with Crippen molar-refractivity contribution in [2.75, 3.05) is 12.4 Å². The van der Waals surface area contributed by atoms with E-state index >= 15 is 0 Å². The first-order chi connectivity index (χ1) is 11.0. The number of hydrogen-bond donors (Lipinski definition) is 1. The molecule has 0 aliphatic heterocycles. The lowest BCUT2D eigenvalue weighted by atomic mass is 10.2. The number of nitrogens with one attached hydrogen (secondary N) is 1. The van der Waals surface area contributed by atoms with Crippen LogP contribution >= 0.6 is 0 Å². The van der Waals surface area contributed by atoms with Crippen molar-refractivity contribution in [1.82, 2.24) is 0 Å². The van der Waals surface area contributed by atoms with Gasteiger partial charge in [0, 0.05) is 5.69 Å². The molecule has 1 atom stereocenters. The zero-order valence-electron chi connectivity index (χ0n) is 13.3. The molecule has 0 radical (unpaired) electrons. The maximum Gasteiger partial charge on any atom is 0.337 e. The molecule has 0 aliphatic rings. The first kappa shape index (κ1) is 16.5. The van der Waals surface area contributed by atoms with Gasteiger partial charge in [0.25, 0.3) is 5.91 Å². The van der Waals surface area contributed by atoms with E-state index in [0.29, 0.717) is 17.0 Å². The first-order valence-electron chi connectivity index (χ1n) is 7.22. The Bertz CT molecular complexity index is 694. The number of rotatable bonds is 5. The van der Waals surface area contributed by atoms with E-state index in [1.165, 1.54) is 7.11 Å². The van der Waals surface area contributed by atoms with Gasteiger partial charge in [0.05, 0.1) is 12.7 Å². The molecule has 2 aromatic rings. The maximum absolute atomic E-state index is 12.1. The lowest BCUT2D eigenvalue weighted by molar-refractivity contribution is -0.122. The van der Waals surface area contributed by atoms with Crippen molar-refractivity contribution < 1.29 is 19.1 Å². The molecule has 2 rings (SSSR count). The van der Waals surface area contributed by atoms with Crippen LogP contribution in [0.15, 0.2) is 48.5 Å². The van der Waals surface area contributed by atoms with Gasteiger partial charge < -0.3 is 14.8 Å². The van der Waals surface area contributed by atoms with Crippen molar-refractivity contribution in [3.05, 3.63) is 59.7 Å². The molecule has 0 heterocycles. The van der Waals surface area contributed by atoms with Crippen molar-refractivity contribution in [3.8, 4) is 5.75 Å². The SMILES string of the molecule is COC(=O)c1cccc(O[C@@H](C)C(=O)Nc2ccc(C)cc2)c1. The van der Waals surface area contributed by atoms with E-state index in [4.69, 9.17) is 4.74 Å². The topological polar surface area (TPSA) is 64.6 Å². The van der Waals surface area contributed by atoms with Crippen LogP contribution in [0.25, 0.3) is 0 Å². The van der Waals surface area contributed by atoms with Gasteiger partial charge >= 0.3 is 5.97 Å². The molecule has 23 heavy (non-hydrogen) atoms. The fraction of sp³-hybridized carbons (Fsp3) is 0.222. The molecule has 0 spiro atoms. The van der Waals surface area contributed by atoms with Gasteiger partial charge in [-0.1, -0.05) is 23.8 Å². The first-order valence-corrected chi connectivity index (χ1v) is 7.22. The summed E-state index contributed by atoms with van der Waals surface area (Å²) in [4.78, 5) is 23.6.